The minimum absolute atomic E-state index is 0.210. The van der Waals surface area contributed by atoms with Gasteiger partial charge in [0, 0.05) is 5.56 Å². The van der Waals surface area contributed by atoms with Gasteiger partial charge in [-0.05, 0) is 18.6 Å². The zero-order valence-corrected chi connectivity index (χ0v) is 12.7. The molecule has 0 atom stereocenters. The van der Waals surface area contributed by atoms with E-state index in [1.54, 1.807) is 12.1 Å². The highest BCUT2D eigenvalue weighted by Crippen LogP contribution is 2.38. The monoisotopic (exact) mass is 309 g/mol. The second-order valence-corrected chi connectivity index (χ2v) is 4.73. The number of ether oxygens (including phenoxy) is 2. The maximum atomic E-state index is 12.0. The van der Waals surface area contributed by atoms with Crippen LogP contribution in [0.4, 0.5) is 5.82 Å². The molecule has 2 rings (SSSR count). The minimum atomic E-state index is -0.258. The van der Waals surface area contributed by atoms with E-state index in [4.69, 9.17) is 26.8 Å². The van der Waals surface area contributed by atoms with Crippen molar-refractivity contribution in [3.8, 4) is 22.9 Å². The summed E-state index contributed by atoms with van der Waals surface area (Å²) in [7, 11) is 3.00. The van der Waals surface area contributed by atoms with E-state index < -0.39 is 0 Å². The first-order valence-electron chi connectivity index (χ1n) is 6.32. The third-order valence-corrected chi connectivity index (χ3v) is 3.39. The molecule has 0 radical (unpaired) electrons. The lowest BCUT2D eigenvalue weighted by atomic mass is 10.1. The van der Waals surface area contributed by atoms with Gasteiger partial charge in [0.25, 0.3) is 5.56 Å². The summed E-state index contributed by atoms with van der Waals surface area (Å²) in [6.45, 7) is 1.84. The Kier molecular flexibility index (Phi) is 4.37. The Labute approximate surface area is 126 Å². The molecule has 6 nitrogen and oxygen atoms in total. The second-order valence-electron chi connectivity index (χ2n) is 4.33. The van der Waals surface area contributed by atoms with E-state index in [1.165, 1.54) is 14.2 Å². The molecular weight excluding hydrogens is 294 g/mol. The van der Waals surface area contributed by atoms with E-state index in [9.17, 15) is 4.79 Å². The number of nitrogens with one attached hydrogen (secondary N) is 1. The lowest BCUT2D eigenvalue weighted by molar-refractivity contribution is 0.355. The summed E-state index contributed by atoms with van der Waals surface area (Å²) in [5.41, 5.74) is 6.61. The van der Waals surface area contributed by atoms with Crippen molar-refractivity contribution in [1.29, 1.82) is 0 Å². The lowest BCUT2D eigenvalue weighted by Gasteiger charge is -2.12. The summed E-state index contributed by atoms with van der Waals surface area (Å²) in [4.78, 5) is 18.9. The predicted octanol–water partition coefficient (Wildman–Crippen LogP) is 2.25. The van der Waals surface area contributed by atoms with Gasteiger partial charge in [-0.15, -0.1) is 0 Å². The van der Waals surface area contributed by atoms with E-state index >= 15 is 0 Å². The number of aromatic amines is 1. The van der Waals surface area contributed by atoms with Crippen LogP contribution in [0.3, 0.4) is 0 Å². The average Bonchev–Trinajstić information content (AvgIpc) is 2.45. The topological polar surface area (TPSA) is 90.2 Å². The Bertz CT molecular complexity index is 728. The second kappa shape index (κ2) is 6.05. The zero-order valence-electron chi connectivity index (χ0n) is 12.0. The number of rotatable bonds is 4. The molecular formula is C14H16ClN3O3. The maximum Gasteiger partial charge on any atom is 0.256 e. The molecule has 7 heteroatoms. The van der Waals surface area contributed by atoms with Crippen molar-refractivity contribution in [2.24, 2.45) is 0 Å². The van der Waals surface area contributed by atoms with Crippen LogP contribution in [0.1, 0.15) is 12.5 Å². The van der Waals surface area contributed by atoms with Crippen LogP contribution in [-0.2, 0) is 6.42 Å². The highest BCUT2D eigenvalue weighted by atomic mass is 35.5. The molecule has 0 aliphatic heterocycles. The van der Waals surface area contributed by atoms with Gasteiger partial charge in [-0.2, -0.15) is 0 Å². The van der Waals surface area contributed by atoms with Crippen LogP contribution in [0.2, 0.25) is 5.02 Å². The molecule has 0 saturated heterocycles. The molecule has 0 unspecified atom stereocenters. The number of anilines is 1. The quantitative estimate of drug-likeness (QED) is 0.904. The molecule has 21 heavy (non-hydrogen) atoms. The molecule has 3 N–H and O–H groups in total. The van der Waals surface area contributed by atoms with Crippen LogP contribution in [0.5, 0.6) is 11.5 Å². The van der Waals surface area contributed by atoms with Crippen molar-refractivity contribution in [3.63, 3.8) is 0 Å². The molecule has 0 spiro atoms. The number of halogens is 1. The molecule has 1 aromatic carbocycles. The normalized spacial score (nSPS) is 10.5. The first-order valence-corrected chi connectivity index (χ1v) is 6.70. The Hall–Kier alpha value is -2.21. The number of aromatic nitrogens is 2. The van der Waals surface area contributed by atoms with Gasteiger partial charge in [-0.1, -0.05) is 18.5 Å². The first kappa shape index (κ1) is 15.2. The Morgan fingerprint density at radius 3 is 2.57 bits per heavy atom. The van der Waals surface area contributed by atoms with Gasteiger partial charge in [0.15, 0.2) is 11.5 Å². The smallest absolute Gasteiger partial charge is 0.256 e. The first-order chi connectivity index (χ1) is 10.0. The van der Waals surface area contributed by atoms with Crippen molar-refractivity contribution in [1.82, 2.24) is 9.97 Å². The Morgan fingerprint density at radius 2 is 2.05 bits per heavy atom. The molecule has 0 aliphatic carbocycles. The van der Waals surface area contributed by atoms with E-state index in [2.05, 4.69) is 9.97 Å². The lowest BCUT2D eigenvalue weighted by Crippen LogP contribution is -2.17. The van der Waals surface area contributed by atoms with Crippen LogP contribution < -0.4 is 20.8 Å². The zero-order chi connectivity index (χ0) is 15.6. The van der Waals surface area contributed by atoms with Crippen LogP contribution in [0.25, 0.3) is 11.4 Å². The molecule has 1 heterocycles. The number of nitrogen functional groups attached to an aromatic ring is 1. The highest BCUT2D eigenvalue weighted by Gasteiger charge is 2.15. The molecule has 0 bridgehead atoms. The van der Waals surface area contributed by atoms with Crippen LogP contribution in [-0.4, -0.2) is 24.2 Å². The summed E-state index contributed by atoms with van der Waals surface area (Å²) < 4.78 is 10.4. The summed E-state index contributed by atoms with van der Waals surface area (Å²) in [5, 5.41) is 0.354. The number of nitrogens with zero attached hydrogens (tertiary/aromatic N) is 1. The fourth-order valence-electron chi connectivity index (χ4n) is 2.05. The number of hydrogen-bond donors (Lipinski definition) is 2. The largest absolute Gasteiger partial charge is 0.493 e. The van der Waals surface area contributed by atoms with E-state index in [-0.39, 0.29) is 11.4 Å². The molecule has 2 aromatic rings. The number of H-pyrrole nitrogens is 1. The van der Waals surface area contributed by atoms with E-state index in [0.717, 1.165) is 0 Å². The fraction of sp³-hybridized carbons (Fsp3) is 0.286. The van der Waals surface area contributed by atoms with Crippen molar-refractivity contribution in [3.05, 3.63) is 33.1 Å². The van der Waals surface area contributed by atoms with Crippen molar-refractivity contribution in [2.75, 3.05) is 20.0 Å². The summed E-state index contributed by atoms with van der Waals surface area (Å²) >= 11 is 6.15. The van der Waals surface area contributed by atoms with Gasteiger partial charge in [-0.25, -0.2) is 4.98 Å². The van der Waals surface area contributed by atoms with E-state index in [0.29, 0.717) is 39.9 Å². The molecule has 112 valence electrons. The van der Waals surface area contributed by atoms with Gasteiger partial charge >= 0.3 is 0 Å². The van der Waals surface area contributed by atoms with Gasteiger partial charge in [0.2, 0.25) is 0 Å². The Balaban J connectivity index is 2.62. The average molecular weight is 310 g/mol. The maximum absolute atomic E-state index is 12.0. The molecule has 0 fully saturated rings. The van der Waals surface area contributed by atoms with Crippen LogP contribution in [0.15, 0.2) is 16.9 Å². The third-order valence-electron chi connectivity index (χ3n) is 3.11. The number of methoxy groups -OCH3 is 2. The number of benzene rings is 1. The predicted molar refractivity (Wildman–Crippen MR) is 82.2 cm³/mol. The minimum Gasteiger partial charge on any atom is -0.493 e. The van der Waals surface area contributed by atoms with Crippen LogP contribution >= 0.6 is 11.6 Å². The number of nitrogens with two attached hydrogens (primary N) is 1. The summed E-state index contributed by atoms with van der Waals surface area (Å²) in [5.74, 6) is 1.41. The van der Waals surface area contributed by atoms with Crippen molar-refractivity contribution in [2.45, 2.75) is 13.3 Å². The fourth-order valence-corrected chi connectivity index (χ4v) is 2.34. The van der Waals surface area contributed by atoms with Crippen LogP contribution in [0, 0.1) is 0 Å². The summed E-state index contributed by atoms with van der Waals surface area (Å²) in [6, 6.07) is 3.31. The third kappa shape index (κ3) is 2.80. The van der Waals surface area contributed by atoms with Crippen molar-refractivity contribution >= 4 is 17.4 Å². The Morgan fingerprint density at radius 1 is 1.33 bits per heavy atom. The molecule has 0 aliphatic rings. The van der Waals surface area contributed by atoms with Gasteiger partial charge in [-0.3, -0.25) is 4.79 Å². The number of hydrogen-bond acceptors (Lipinski definition) is 5. The van der Waals surface area contributed by atoms with Gasteiger partial charge < -0.3 is 20.2 Å². The molecule has 0 amide bonds. The summed E-state index contributed by atoms with van der Waals surface area (Å²) in [6.07, 6.45) is 0.515. The van der Waals surface area contributed by atoms with Gasteiger partial charge in [0.1, 0.15) is 11.6 Å². The molecule has 1 aromatic heterocycles. The standard InChI is InChI=1S/C14H16ClN3O3/c1-4-8-12(16)17-13(18-14(8)19)7-5-9(15)11(21-3)10(6-7)20-2/h5-6H,4H2,1-3H3,(H3,16,17,18,19). The van der Waals surface area contributed by atoms with Gasteiger partial charge in [0.05, 0.1) is 24.8 Å². The highest BCUT2D eigenvalue weighted by molar-refractivity contribution is 6.32. The van der Waals surface area contributed by atoms with Crippen molar-refractivity contribution < 1.29 is 9.47 Å². The molecule has 0 saturated carbocycles. The van der Waals surface area contributed by atoms with E-state index in [1.807, 2.05) is 6.92 Å². The SMILES string of the molecule is CCc1c(N)nc(-c2cc(Cl)c(OC)c(OC)c2)[nH]c1=O.